The number of anilines is 1. The van der Waals surface area contributed by atoms with Crippen molar-refractivity contribution in [3.63, 3.8) is 0 Å². The summed E-state index contributed by atoms with van der Waals surface area (Å²) in [7, 11) is 0. The fourth-order valence-corrected chi connectivity index (χ4v) is 2.13. The molecule has 1 unspecified atom stereocenters. The van der Waals surface area contributed by atoms with Gasteiger partial charge in [0.2, 0.25) is 6.04 Å². The molecule has 0 saturated carbocycles. The fourth-order valence-electron chi connectivity index (χ4n) is 2.13. The molecule has 0 radical (unpaired) electrons. The first-order chi connectivity index (χ1) is 10.4. The van der Waals surface area contributed by atoms with Crippen molar-refractivity contribution in [2.45, 2.75) is 26.8 Å². The average Bonchev–Trinajstić information content (AvgIpc) is 2.48. The third kappa shape index (κ3) is 4.59. The highest BCUT2D eigenvalue weighted by atomic mass is 79.9. The van der Waals surface area contributed by atoms with Crippen molar-refractivity contribution in [1.29, 1.82) is 0 Å². The predicted octanol–water partition coefficient (Wildman–Crippen LogP) is -0.297. The van der Waals surface area contributed by atoms with Gasteiger partial charge in [-0.25, -0.2) is 0 Å². The predicted molar refractivity (Wildman–Crippen MR) is 82.5 cm³/mol. The Balaban J connectivity index is 0.00000264. The molecule has 23 heavy (non-hydrogen) atoms. The Labute approximate surface area is 145 Å². The molecule has 2 aromatic rings. The second kappa shape index (κ2) is 7.82. The number of non-ortho nitro benzene ring substituents is 1. The Morgan fingerprint density at radius 3 is 2.57 bits per heavy atom. The summed E-state index contributed by atoms with van der Waals surface area (Å²) in [5.41, 5.74) is 2.31. The van der Waals surface area contributed by atoms with Crippen LogP contribution in [0.15, 0.2) is 42.7 Å². The minimum Gasteiger partial charge on any atom is -1.00 e. The van der Waals surface area contributed by atoms with E-state index < -0.39 is 4.92 Å². The molecule has 0 bridgehead atoms. The first-order valence-corrected chi connectivity index (χ1v) is 6.92. The number of amides is 1. The van der Waals surface area contributed by atoms with E-state index in [1.165, 1.54) is 12.1 Å². The van der Waals surface area contributed by atoms with Crippen LogP contribution in [0.4, 0.5) is 11.4 Å². The number of pyridine rings is 1. The summed E-state index contributed by atoms with van der Waals surface area (Å²) in [4.78, 5) is 22.6. The zero-order valence-corrected chi connectivity index (χ0v) is 14.7. The summed E-state index contributed by atoms with van der Waals surface area (Å²) in [6.45, 7) is 5.49. The number of nitro groups is 1. The van der Waals surface area contributed by atoms with Gasteiger partial charge in [-0.1, -0.05) is 0 Å². The van der Waals surface area contributed by atoms with Crippen molar-refractivity contribution in [3.8, 4) is 0 Å². The molecule has 6 nitrogen and oxygen atoms in total. The van der Waals surface area contributed by atoms with E-state index in [2.05, 4.69) is 5.32 Å². The lowest BCUT2D eigenvalue weighted by Crippen LogP contribution is -3.00. The lowest BCUT2D eigenvalue weighted by atomic mass is 10.1. The van der Waals surface area contributed by atoms with Crippen molar-refractivity contribution < 1.29 is 31.3 Å². The molecule has 2 rings (SSSR count). The standard InChI is InChI=1S/C16H17N3O3.BrH/c1-11-5-4-8-18(10-11)13(3)16(20)17-15-7-6-14(19(21)22)9-12(15)2;/h4-10,13H,1-3H3;1H. The molecular formula is C16H18BrN3O3. The van der Waals surface area contributed by atoms with Crippen molar-refractivity contribution in [1.82, 2.24) is 0 Å². The van der Waals surface area contributed by atoms with E-state index in [0.717, 1.165) is 5.56 Å². The molecule has 1 heterocycles. The molecule has 1 aromatic carbocycles. The number of nitrogens with one attached hydrogen (secondary N) is 1. The quantitative estimate of drug-likeness (QED) is 0.450. The highest BCUT2D eigenvalue weighted by Crippen LogP contribution is 2.21. The molecule has 0 aliphatic carbocycles. The summed E-state index contributed by atoms with van der Waals surface area (Å²) in [6.07, 6.45) is 3.73. The van der Waals surface area contributed by atoms with E-state index in [1.807, 2.05) is 36.0 Å². The number of benzene rings is 1. The molecule has 7 heteroatoms. The van der Waals surface area contributed by atoms with Crippen LogP contribution in [0.25, 0.3) is 0 Å². The van der Waals surface area contributed by atoms with Crippen LogP contribution in [0.1, 0.15) is 24.1 Å². The molecule has 122 valence electrons. The minimum absolute atomic E-state index is 0. The van der Waals surface area contributed by atoms with Crippen LogP contribution in [0.2, 0.25) is 0 Å². The van der Waals surface area contributed by atoms with Crippen LogP contribution in [-0.4, -0.2) is 10.8 Å². The number of carbonyl (C=O) groups is 1. The highest BCUT2D eigenvalue weighted by molar-refractivity contribution is 5.93. The largest absolute Gasteiger partial charge is 1.00 e. The Kier molecular flexibility index (Phi) is 6.38. The number of hydrogen-bond donors (Lipinski definition) is 1. The first-order valence-electron chi connectivity index (χ1n) is 6.92. The van der Waals surface area contributed by atoms with E-state index >= 15 is 0 Å². The molecule has 1 amide bonds. The number of hydrogen-bond acceptors (Lipinski definition) is 3. The van der Waals surface area contributed by atoms with E-state index in [9.17, 15) is 14.9 Å². The van der Waals surface area contributed by atoms with Crippen LogP contribution < -0.4 is 26.9 Å². The van der Waals surface area contributed by atoms with Crippen LogP contribution >= 0.6 is 0 Å². The van der Waals surface area contributed by atoms with Crippen molar-refractivity contribution in [2.75, 3.05) is 5.32 Å². The third-order valence-corrected chi connectivity index (χ3v) is 3.48. The first kappa shape index (κ1) is 18.8. The van der Waals surface area contributed by atoms with Crippen LogP contribution in [0.3, 0.4) is 0 Å². The highest BCUT2D eigenvalue weighted by Gasteiger charge is 2.22. The van der Waals surface area contributed by atoms with Gasteiger partial charge >= 0.3 is 0 Å². The fraction of sp³-hybridized carbons (Fsp3) is 0.250. The van der Waals surface area contributed by atoms with Gasteiger partial charge < -0.3 is 22.3 Å². The zero-order valence-electron chi connectivity index (χ0n) is 13.1. The number of nitrogens with zero attached hydrogens (tertiary/aromatic N) is 2. The molecule has 1 atom stereocenters. The zero-order chi connectivity index (χ0) is 16.3. The Morgan fingerprint density at radius 2 is 2.00 bits per heavy atom. The lowest BCUT2D eigenvalue weighted by Gasteiger charge is -2.11. The number of rotatable bonds is 4. The molecule has 0 aliphatic rings. The van der Waals surface area contributed by atoms with Gasteiger partial charge in [-0.05, 0) is 31.5 Å². The number of aromatic nitrogens is 1. The number of aryl methyl sites for hydroxylation is 2. The summed E-state index contributed by atoms with van der Waals surface area (Å²) >= 11 is 0. The smallest absolute Gasteiger partial charge is 0.293 e. The van der Waals surface area contributed by atoms with E-state index in [4.69, 9.17) is 0 Å². The molecule has 0 fully saturated rings. The minimum atomic E-state index is -0.455. The van der Waals surface area contributed by atoms with Gasteiger partial charge in [-0.2, -0.15) is 4.57 Å². The maximum Gasteiger partial charge on any atom is 0.293 e. The van der Waals surface area contributed by atoms with Crippen LogP contribution in [0, 0.1) is 24.0 Å². The molecule has 1 aromatic heterocycles. The van der Waals surface area contributed by atoms with Gasteiger partial charge in [0.25, 0.3) is 11.6 Å². The Hall–Kier alpha value is -2.28. The third-order valence-electron chi connectivity index (χ3n) is 3.48. The maximum atomic E-state index is 12.3. The molecule has 0 saturated heterocycles. The maximum absolute atomic E-state index is 12.3. The monoisotopic (exact) mass is 379 g/mol. The molecule has 0 spiro atoms. The van der Waals surface area contributed by atoms with Crippen LogP contribution in [0.5, 0.6) is 0 Å². The second-order valence-corrected chi connectivity index (χ2v) is 5.25. The topological polar surface area (TPSA) is 76.1 Å². The molecular weight excluding hydrogens is 362 g/mol. The van der Waals surface area contributed by atoms with Gasteiger partial charge in [0.1, 0.15) is 0 Å². The van der Waals surface area contributed by atoms with Crippen molar-refractivity contribution in [2.24, 2.45) is 0 Å². The lowest BCUT2D eigenvalue weighted by molar-refractivity contribution is -0.705. The summed E-state index contributed by atoms with van der Waals surface area (Å²) in [5, 5.41) is 13.5. The molecule has 0 aliphatic heterocycles. The van der Waals surface area contributed by atoms with Gasteiger partial charge in [-0.15, -0.1) is 0 Å². The van der Waals surface area contributed by atoms with Gasteiger partial charge in [0.05, 0.1) is 4.92 Å². The summed E-state index contributed by atoms with van der Waals surface area (Å²) in [5.74, 6) is -0.174. The second-order valence-electron chi connectivity index (χ2n) is 5.25. The summed E-state index contributed by atoms with van der Waals surface area (Å²) in [6, 6.07) is 7.85. The van der Waals surface area contributed by atoms with Gasteiger partial charge in [0, 0.05) is 36.4 Å². The number of halogens is 1. The van der Waals surface area contributed by atoms with Crippen LogP contribution in [-0.2, 0) is 4.79 Å². The molecule has 1 N–H and O–H groups in total. The number of carbonyl (C=O) groups excluding carboxylic acids is 1. The normalized spacial score (nSPS) is 11.3. The van der Waals surface area contributed by atoms with E-state index in [-0.39, 0.29) is 34.6 Å². The van der Waals surface area contributed by atoms with Gasteiger partial charge in [0.15, 0.2) is 12.4 Å². The number of nitro benzene ring substituents is 1. The average molecular weight is 380 g/mol. The Bertz CT molecular complexity index is 734. The Morgan fingerprint density at radius 1 is 1.30 bits per heavy atom. The van der Waals surface area contributed by atoms with Gasteiger partial charge in [-0.3, -0.25) is 14.9 Å². The van der Waals surface area contributed by atoms with E-state index in [1.54, 1.807) is 19.9 Å². The van der Waals surface area contributed by atoms with Crippen molar-refractivity contribution >= 4 is 17.3 Å². The SMILES string of the molecule is Cc1ccc[n+](C(C)C(=O)Nc2ccc([N+](=O)[O-])cc2C)c1.[Br-]. The van der Waals surface area contributed by atoms with E-state index in [0.29, 0.717) is 11.3 Å². The van der Waals surface area contributed by atoms with Crippen molar-refractivity contribution in [3.05, 3.63) is 64.0 Å². The summed E-state index contributed by atoms with van der Waals surface area (Å²) < 4.78 is 1.82.